The Bertz CT molecular complexity index is 696. The highest BCUT2D eigenvalue weighted by molar-refractivity contribution is 6.02. The first kappa shape index (κ1) is 14.4. The zero-order valence-corrected chi connectivity index (χ0v) is 10.8. The second kappa shape index (κ2) is 5.99. The van der Waals surface area contributed by atoms with Crippen molar-refractivity contribution in [3.8, 4) is 0 Å². The molecular weight excluding hydrogens is 280 g/mol. The molecule has 2 rings (SSSR count). The lowest BCUT2D eigenvalue weighted by atomic mass is 10.1. The third kappa shape index (κ3) is 3.32. The molecule has 0 saturated carbocycles. The fourth-order valence-corrected chi connectivity index (χ4v) is 1.77. The number of carbonyl (C=O) groups excluding carboxylic acids is 1. The summed E-state index contributed by atoms with van der Waals surface area (Å²) in [5.74, 6) is -3.06. The van der Waals surface area contributed by atoms with E-state index in [-0.39, 0.29) is 18.4 Å². The van der Waals surface area contributed by atoms with Gasteiger partial charge in [-0.1, -0.05) is 0 Å². The highest BCUT2D eigenvalue weighted by Crippen LogP contribution is 2.09. The number of hydrogen-bond acceptors (Lipinski definition) is 5. The van der Waals surface area contributed by atoms with Crippen molar-refractivity contribution in [2.24, 2.45) is 0 Å². The van der Waals surface area contributed by atoms with Gasteiger partial charge in [0.05, 0.1) is 23.5 Å². The average molecular weight is 292 g/mol. The maximum atomic E-state index is 12.1. The van der Waals surface area contributed by atoms with E-state index < -0.39 is 23.9 Å². The molecule has 0 saturated heterocycles. The van der Waals surface area contributed by atoms with Gasteiger partial charge in [0.1, 0.15) is 6.04 Å². The normalized spacial score (nSPS) is 12.0. The van der Waals surface area contributed by atoms with Crippen molar-refractivity contribution >= 4 is 23.4 Å². The number of aliphatic carboxylic acids is 2. The van der Waals surface area contributed by atoms with Gasteiger partial charge in [0, 0.05) is 18.8 Å². The van der Waals surface area contributed by atoms with E-state index in [0.29, 0.717) is 5.52 Å². The van der Waals surface area contributed by atoms with E-state index in [0.717, 1.165) is 0 Å². The number of aromatic nitrogens is 3. The third-order valence-corrected chi connectivity index (χ3v) is 2.82. The molecule has 0 spiro atoms. The van der Waals surface area contributed by atoms with E-state index in [9.17, 15) is 14.4 Å². The van der Waals surface area contributed by atoms with Gasteiger partial charge in [-0.2, -0.15) is 5.10 Å². The Hall–Kier alpha value is -2.97. The lowest BCUT2D eigenvalue weighted by Crippen LogP contribution is -2.41. The SMILES string of the molecule is O=C(O)CC[C@H](NC(=O)c1cnn2ccncc12)C(=O)O. The summed E-state index contributed by atoms with van der Waals surface area (Å²) >= 11 is 0. The predicted molar refractivity (Wildman–Crippen MR) is 68.7 cm³/mol. The summed E-state index contributed by atoms with van der Waals surface area (Å²) in [6, 6.07) is -1.28. The number of fused-ring (bicyclic) bond motifs is 1. The molecule has 0 fully saturated rings. The molecule has 21 heavy (non-hydrogen) atoms. The van der Waals surface area contributed by atoms with Crippen molar-refractivity contribution < 1.29 is 24.6 Å². The molecular formula is C12H12N4O5. The number of nitrogens with one attached hydrogen (secondary N) is 1. The van der Waals surface area contributed by atoms with E-state index in [1.807, 2.05) is 0 Å². The van der Waals surface area contributed by atoms with Crippen molar-refractivity contribution in [3.05, 3.63) is 30.4 Å². The molecule has 0 aliphatic carbocycles. The maximum absolute atomic E-state index is 12.1. The van der Waals surface area contributed by atoms with Gasteiger partial charge < -0.3 is 15.5 Å². The van der Waals surface area contributed by atoms with Crippen LogP contribution in [0.5, 0.6) is 0 Å². The van der Waals surface area contributed by atoms with Crippen molar-refractivity contribution in [1.82, 2.24) is 19.9 Å². The Balaban J connectivity index is 2.15. The molecule has 2 aromatic rings. The second-order valence-electron chi connectivity index (χ2n) is 4.26. The molecule has 3 N–H and O–H groups in total. The lowest BCUT2D eigenvalue weighted by molar-refractivity contribution is -0.140. The number of amides is 1. The number of nitrogens with zero attached hydrogens (tertiary/aromatic N) is 3. The first-order valence-electron chi connectivity index (χ1n) is 6.02. The van der Waals surface area contributed by atoms with Crippen molar-refractivity contribution in [2.75, 3.05) is 0 Å². The molecule has 9 heteroatoms. The van der Waals surface area contributed by atoms with Crippen molar-refractivity contribution in [3.63, 3.8) is 0 Å². The predicted octanol–water partition coefficient (Wildman–Crippen LogP) is -0.223. The molecule has 110 valence electrons. The molecule has 0 aliphatic rings. The Kier molecular flexibility index (Phi) is 4.12. The van der Waals surface area contributed by atoms with Gasteiger partial charge in [-0.3, -0.25) is 14.6 Å². The van der Waals surface area contributed by atoms with Gasteiger partial charge >= 0.3 is 11.9 Å². The molecule has 2 aromatic heterocycles. The first-order chi connectivity index (χ1) is 9.99. The zero-order chi connectivity index (χ0) is 15.4. The van der Waals surface area contributed by atoms with Crippen LogP contribution in [0.1, 0.15) is 23.2 Å². The summed E-state index contributed by atoms with van der Waals surface area (Å²) in [6.07, 6.45) is 5.21. The smallest absolute Gasteiger partial charge is 0.326 e. The van der Waals surface area contributed by atoms with Crippen LogP contribution < -0.4 is 5.32 Å². The monoisotopic (exact) mass is 292 g/mol. The van der Waals surface area contributed by atoms with Crippen LogP contribution in [-0.2, 0) is 9.59 Å². The number of carbonyl (C=O) groups is 3. The van der Waals surface area contributed by atoms with Gasteiger partial charge in [-0.25, -0.2) is 9.31 Å². The molecule has 0 unspecified atom stereocenters. The van der Waals surface area contributed by atoms with Crippen LogP contribution in [0.15, 0.2) is 24.8 Å². The maximum Gasteiger partial charge on any atom is 0.326 e. The van der Waals surface area contributed by atoms with E-state index >= 15 is 0 Å². The molecule has 1 atom stereocenters. The molecule has 9 nitrogen and oxygen atoms in total. The highest BCUT2D eigenvalue weighted by atomic mass is 16.4. The molecule has 0 radical (unpaired) electrons. The summed E-state index contributed by atoms with van der Waals surface area (Å²) in [5.41, 5.74) is 0.599. The first-order valence-corrected chi connectivity index (χ1v) is 6.02. The van der Waals surface area contributed by atoms with Crippen molar-refractivity contribution in [2.45, 2.75) is 18.9 Å². The Morgan fingerprint density at radius 2 is 2.05 bits per heavy atom. The minimum atomic E-state index is -1.29. The van der Waals surface area contributed by atoms with E-state index in [1.54, 1.807) is 6.20 Å². The van der Waals surface area contributed by atoms with Crippen LogP contribution in [-0.4, -0.2) is 48.7 Å². The topological polar surface area (TPSA) is 134 Å². The van der Waals surface area contributed by atoms with Gasteiger partial charge in [-0.15, -0.1) is 0 Å². The van der Waals surface area contributed by atoms with E-state index in [1.165, 1.54) is 23.1 Å². The van der Waals surface area contributed by atoms with Crippen LogP contribution in [0, 0.1) is 0 Å². The van der Waals surface area contributed by atoms with Crippen LogP contribution in [0.25, 0.3) is 5.52 Å². The fraction of sp³-hybridized carbons (Fsp3) is 0.250. The quantitative estimate of drug-likeness (QED) is 0.669. The van der Waals surface area contributed by atoms with Crippen LogP contribution in [0.3, 0.4) is 0 Å². The average Bonchev–Trinajstić information content (AvgIpc) is 2.86. The standard InChI is InChI=1S/C12H12N4O5/c17-10(18)2-1-8(12(20)21)15-11(19)7-5-14-16-4-3-13-6-9(7)16/h3-6,8H,1-2H2,(H,15,19)(H,17,18)(H,20,21)/t8-/m0/s1. The third-order valence-electron chi connectivity index (χ3n) is 2.82. The number of carboxylic acid groups (broad SMARTS) is 2. The summed E-state index contributed by atoms with van der Waals surface area (Å²) in [4.78, 5) is 37.5. The van der Waals surface area contributed by atoms with Gasteiger partial charge in [0.15, 0.2) is 0 Å². The highest BCUT2D eigenvalue weighted by Gasteiger charge is 2.23. The van der Waals surface area contributed by atoms with Crippen LogP contribution >= 0.6 is 0 Å². The molecule has 1 amide bonds. The van der Waals surface area contributed by atoms with E-state index in [2.05, 4.69) is 15.4 Å². The summed E-state index contributed by atoms with van der Waals surface area (Å²) in [5, 5.41) is 23.8. The largest absolute Gasteiger partial charge is 0.481 e. The van der Waals surface area contributed by atoms with Crippen LogP contribution in [0.4, 0.5) is 0 Å². The minimum Gasteiger partial charge on any atom is -0.481 e. The summed E-state index contributed by atoms with van der Waals surface area (Å²) in [6.45, 7) is 0. The number of hydrogen-bond donors (Lipinski definition) is 3. The van der Waals surface area contributed by atoms with Gasteiger partial charge in [0.2, 0.25) is 0 Å². The van der Waals surface area contributed by atoms with Gasteiger partial charge in [0.25, 0.3) is 5.91 Å². The number of carboxylic acids is 2. The number of rotatable bonds is 6. The molecule has 0 aromatic carbocycles. The molecule has 0 aliphatic heterocycles. The molecule has 2 heterocycles. The second-order valence-corrected chi connectivity index (χ2v) is 4.26. The van der Waals surface area contributed by atoms with Gasteiger partial charge in [-0.05, 0) is 6.42 Å². The Morgan fingerprint density at radius 1 is 1.29 bits per heavy atom. The summed E-state index contributed by atoms with van der Waals surface area (Å²) in [7, 11) is 0. The van der Waals surface area contributed by atoms with Crippen molar-refractivity contribution in [1.29, 1.82) is 0 Å². The molecule has 0 bridgehead atoms. The fourth-order valence-electron chi connectivity index (χ4n) is 1.77. The Morgan fingerprint density at radius 3 is 2.71 bits per heavy atom. The summed E-state index contributed by atoms with van der Waals surface area (Å²) < 4.78 is 1.43. The van der Waals surface area contributed by atoms with E-state index in [4.69, 9.17) is 10.2 Å². The Labute approximate surface area is 118 Å². The lowest BCUT2D eigenvalue weighted by Gasteiger charge is -2.12. The minimum absolute atomic E-state index is 0.171. The van der Waals surface area contributed by atoms with Crippen LogP contribution in [0.2, 0.25) is 0 Å². The zero-order valence-electron chi connectivity index (χ0n) is 10.8.